The molecule has 1 aromatic rings. The molecule has 0 aliphatic carbocycles. The highest BCUT2D eigenvalue weighted by molar-refractivity contribution is 5.59. The molecule has 0 saturated carbocycles. The smallest absolute Gasteiger partial charge is 0.144 e. The first-order valence-electron chi connectivity index (χ1n) is 8.54. The number of nitrogens with zero attached hydrogens (tertiary/aromatic N) is 5. The highest BCUT2D eigenvalue weighted by atomic mass is 15.3. The summed E-state index contributed by atoms with van der Waals surface area (Å²) in [7, 11) is 2.16. The van der Waals surface area contributed by atoms with E-state index in [1.165, 1.54) is 0 Å². The van der Waals surface area contributed by atoms with E-state index >= 15 is 0 Å². The van der Waals surface area contributed by atoms with Gasteiger partial charge >= 0.3 is 0 Å². The lowest BCUT2D eigenvalue weighted by atomic mass is 10.1. The van der Waals surface area contributed by atoms with E-state index < -0.39 is 0 Å². The van der Waals surface area contributed by atoms with E-state index in [1.807, 2.05) is 6.07 Å². The summed E-state index contributed by atoms with van der Waals surface area (Å²) < 4.78 is 0. The third-order valence-electron chi connectivity index (χ3n) is 4.90. The van der Waals surface area contributed by atoms with Crippen LogP contribution >= 0.6 is 0 Å². The fourth-order valence-corrected chi connectivity index (χ4v) is 3.38. The Bertz CT molecular complexity index is 573. The Kier molecular flexibility index (Phi) is 4.99. The number of nitrogens with one attached hydrogen (secondary N) is 1. The SMILES string of the molecule is CC[C@H]1CNCCN1c1cc(N2CCN(C)CC2)cc(C#N)n1. The number of likely N-dealkylation sites (N-methyl/N-ethyl adjacent to an activating group) is 1. The molecule has 2 aliphatic heterocycles. The van der Waals surface area contributed by atoms with Gasteiger partial charge in [-0.1, -0.05) is 6.92 Å². The van der Waals surface area contributed by atoms with E-state index in [2.05, 4.69) is 51.1 Å². The number of pyridine rings is 1. The summed E-state index contributed by atoms with van der Waals surface area (Å²) in [5, 5.41) is 12.8. The number of nitriles is 1. The van der Waals surface area contributed by atoms with Crippen molar-refractivity contribution in [2.75, 3.05) is 62.7 Å². The number of hydrogen-bond donors (Lipinski definition) is 1. The van der Waals surface area contributed by atoms with Crippen molar-refractivity contribution in [1.29, 1.82) is 5.26 Å². The zero-order valence-electron chi connectivity index (χ0n) is 14.1. The molecule has 0 spiro atoms. The predicted molar refractivity (Wildman–Crippen MR) is 93.0 cm³/mol. The van der Waals surface area contributed by atoms with Crippen LogP contribution < -0.4 is 15.1 Å². The highest BCUT2D eigenvalue weighted by Crippen LogP contribution is 2.25. The van der Waals surface area contributed by atoms with Crippen LogP contribution in [0.25, 0.3) is 0 Å². The molecule has 3 heterocycles. The van der Waals surface area contributed by atoms with E-state index in [0.29, 0.717) is 11.7 Å². The van der Waals surface area contributed by atoms with Gasteiger partial charge in [-0.2, -0.15) is 5.26 Å². The van der Waals surface area contributed by atoms with Gasteiger partial charge in [-0.3, -0.25) is 0 Å². The minimum absolute atomic E-state index is 0.450. The average molecular weight is 314 g/mol. The summed E-state index contributed by atoms with van der Waals surface area (Å²) >= 11 is 0. The molecule has 0 bridgehead atoms. The molecule has 2 fully saturated rings. The van der Waals surface area contributed by atoms with Crippen LogP contribution in [0.1, 0.15) is 19.0 Å². The molecule has 3 rings (SSSR count). The Morgan fingerprint density at radius 2 is 2.04 bits per heavy atom. The largest absolute Gasteiger partial charge is 0.369 e. The molecule has 1 aromatic heterocycles. The van der Waals surface area contributed by atoms with Crippen molar-refractivity contribution in [3.63, 3.8) is 0 Å². The zero-order valence-corrected chi connectivity index (χ0v) is 14.1. The lowest BCUT2D eigenvalue weighted by Crippen LogP contribution is -2.51. The molecule has 0 amide bonds. The molecule has 2 saturated heterocycles. The van der Waals surface area contributed by atoms with E-state index in [0.717, 1.165) is 63.7 Å². The number of hydrogen-bond acceptors (Lipinski definition) is 6. The Labute approximate surface area is 138 Å². The van der Waals surface area contributed by atoms with Crippen LogP contribution in [0.5, 0.6) is 0 Å². The molecular formula is C17H26N6. The first-order chi connectivity index (χ1) is 11.2. The number of aromatic nitrogens is 1. The topological polar surface area (TPSA) is 58.4 Å². The van der Waals surface area contributed by atoms with Crippen molar-refractivity contribution in [3.8, 4) is 6.07 Å². The van der Waals surface area contributed by atoms with Crippen molar-refractivity contribution in [1.82, 2.24) is 15.2 Å². The molecular weight excluding hydrogens is 288 g/mol. The van der Waals surface area contributed by atoms with E-state index in [4.69, 9.17) is 0 Å². The molecule has 0 aromatic carbocycles. The fourth-order valence-electron chi connectivity index (χ4n) is 3.38. The van der Waals surface area contributed by atoms with Crippen LogP contribution in [0.2, 0.25) is 0 Å². The van der Waals surface area contributed by atoms with Crippen molar-refractivity contribution in [2.24, 2.45) is 0 Å². The van der Waals surface area contributed by atoms with Crippen LogP contribution in [0, 0.1) is 11.3 Å². The first kappa shape index (κ1) is 16.0. The Morgan fingerprint density at radius 3 is 2.74 bits per heavy atom. The lowest BCUT2D eigenvalue weighted by Gasteiger charge is -2.38. The molecule has 6 heteroatoms. The second kappa shape index (κ2) is 7.16. The fraction of sp³-hybridized carbons (Fsp3) is 0.647. The summed E-state index contributed by atoms with van der Waals surface area (Å²) in [5.74, 6) is 0.950. The summed E-state index contributed by atoms with van der Waals surface area (Å²) in [4.78, 5) is 11.7. The van der Waals surface area contributed by atoms with Crippen molar-refractivity contribution in [2.45, 2.75) is 19.4 Å². The number of rotatable bonds is 3. The predicted octanol–water partition coefficient (Wildman–Crippen LogP) is 0.893. The molecule has 23 heavy (non-hydrogen) atoms. The maximum atomic E-state index is 9.38. The minimum Gasteiger partial charge on any atom is -0.369 e. The molecule has 1 atom stereocenters. The molecule has 0 unspecified atom stereocenters. The Balaban J connectivity index is 1.88. The average Bonchev–Trinajstić information content (AvgIpc) is 2.61. The normalized spacial score (nSPS) is 22.9. The van der Waals surface area contributed by atoms with Gasteiger partial charge in [-0.05, 0) is 19.5 Å². The molecule has 2 aliphatic rings. The molecule has 124 valence electrons. The summed E-state index contributed by atoms with van der Waals surface area (Å²) in [6, 6.07) is 6.78. The molecule has 6 nitrogen and oxygen atoms in total. The Morgan fingerprint density at radius 1 is 1.26 bits per heavy atom. The van der Waals surface area contributed by atoms with Crippen LogP contribution in [-0.4, -0.2) is 68.8 Å². The quantitative estimate of drug-likeness (QED) is 0.894. The summed E-state index contributed by atoms with van der Waals surface area (Å²) in [5.41, 5.74) is 1.65. The summed E-state index contributed by atoms with van der Waals surface area (Å²) in [6.45, 7) is 9.24. The van der Waals surface area contributed by atoms with Gasteiger partial charge in [-0.15, -0.1) is 0 Å². The zero-order chi connectivity index (χ0) is 16.2. The maximum absolute atomic E-state index is 9.38. The van der Waals surface area contributed by atoms with Crippen molar-refractivity contribution < 1.29 is 0 Å². The van der Waals surface area contributed by atoms with E-state index in [1.54, 1.807) is 0 Å². The second-order valence-electron chi connectivity index (χ2n) is 6.43. The third-order valence-corrected chi connectivity index (χ3v) is 4.90. The van der Waals surface area contributed by atoms with E-state index in [-0.39, 0.29) is 0 Å². The van der Waals surface area contributed by atoms with Gasteiger partial charge in [0.2, 0.25) is 0 Å². The van der Waals surface area contributed by atoms with Gasteiger partial charge in [0.25, 0.3) is 0 Å². The second-order valence-corrected chi connectivity index (χ2v) is 6.43. The van der Waals surface area contributed by atoms with Crippen molar-refractivity contribution in [3.05, 3.63) is 17.8 Å². The highest BCUT2D eigenvalue weighted by Gasteiger charge is 2.24. The number of piperazine rings is 2. The third kappa shape index (κ3) is 3.57. The minimum atomic E-state index is 0.450. The molecule has 1 N–H and O–H groups in total. The van der Waals surface area contributed by atoms with E-state index in [9.17, 15) is 5.26 Å². The van der Waals surface area contributed by atoms with Crippen LogP contribution in [0.3, 0.4) is 0 Å². The monoisotopic (exact) mass is 314 g/mol. The Hall–Kier alpha value is -1.84. The van der Waals surface area contributed by atoms with Gasteiger partial charge in [0.15, 0.2) is 0 Å². The maximum Gasteiger partial charge on any atom is 0.144 e. The van der Waals surface area contributed by atoms with Crippen LogP contribution in [0.15, 0.2) is 12.1 Å². The number of anilines is 2. The molecule has 0 radical (unpaired) electrons. The van der Waals surface area contributed by atoms with Gasteiger partial charge in [-0.25, -0.2) is 4.98 Å². The first-order valence-corrected chi connectivity index (χ1v) is 8.54. The summed E-state index contributed by atoms with van der Waals surface area (Å²) in [6.07, 6.45) is 1.08. The van der Waals surface area contributed by atoms with Gasteiger partial charge in [0.1, 0.15) is 17.6 Å². The standard InChI is InChI=1S/C17H26N6/c1-3-15-13-19-4-5-23(15)17-11-16(10-14(12-18)20-17)22-8-6-21(2)7-9-22/h10-11,15,19H,3-9,13H2,1-2H3/t15-/m0/s1. The van der Waals surface area contributed by atoms with Crippen LogP contribution in [0.4, 0.5) is 11.5 Å². The van der Waals surface area contributed by atoms with Gasteiger partial charge in [0, 0.05) is 63.6 Å². The van der Waals surface area contributed by atoms with Crippen molar-refractivity contribution >= 4 is 11.5 Å². The van der Waals surface area contributed by atoms with Gasteiger partial charge < -0.3 is 20.0 Å². The lowest BCUT2D eigenvalue weighted by molar-refractivity contribution is 0.313. The van der Waals surface area contributed by atoms with Gasteiger partial charge in [0.05, 0.1) is 0 Å². The van der Waals surface area contributed by atoms with Crippen LogP contribution in [-0.2, 0) is 0 Å².